The molecule has 1 N–H and O–H groups in total. The van der Waals surface area contributed by atoms with Crippen LogP contribution in [0.25, 0.3) is 0 Å². The summed E-state index contributed by atoms with van der Waals surface area (Å²) in [4.78, 5) is 0. The Kier molecular flexibility index (Phi) is 35.7. The Balaban J connectivity index is 0. The summed E-state index contributed by atoms with van der Waals surface area (Å²) in [6.07, 6.45) is 37.4. The first-order valence-corrected chi connectivity index (χ1v) is 18.2. The zero-order valence-electron chi connectivity index (χ0n) is 28.9. The third-order valence-corrected chi connectivity index (χ3v) is 8.24. The van der Waals surface area contributed by atoms with Crippen LogP contribution in [0.5, 0.6) is 0 Å². The lowest BCUT2D eigenvalue weighted by Crippen LogP contribution is -3.00. The molecule has 0 aliphatic rings. The number of hydrogen-bond acceptors (Lipinski definition) is 1. The van der Waals surface area contributed by atoms with E-state index in [1.54, 1.807) is 0 Å². The highest BCUT2D eigenvalue weighted by atomic mass is 35.5. The molecule has 0 saturated heterocycles. The quantitative estimate of drug-likeness (QED) is 0.0572. The van der Waals surface area contributed by atoms with Gasteiger partial charge in [0.1, 0.15) is 6.54 Å². The van der Waals surface area contributed by atoms with Crippen LogP contribution in [0.1, 0.15) is 174 Å². The highest BCUT2D eigenvalue weighted by Crippen LogP contribution is 2.14. The van der Waals surface area contributed by atoms with Crippen LogP contribution < -0.4 is 12.4 Å². The summed E-state index contributed by atoms with van der Waals surface area (Å²) >= 11 is 0. The van der Waals surface area contributed by atoms with E-state index in [0.717, 1.165) is 17.4 Å². The number of quaternary nitrogens is 1. The average molecular weight is 608 g/mol. The van der Waals surface area contributed by atoms with Crippen molar-refractivity contribution in [3.63, 3.8) is 0 Å². The molecule has 0 heterocycles. The van der Waals surface area contributed by atoms with E-state index in [1.165, 1.54) is 160 Å². The Bertz CT molecular complexity index is 645. The number of unbranched alkanes of at least 4 members (excludes halogenated alkanes) is 21. The molecule has 2 nitrogen and oxygen atoms in total. The number of rotatable bonds is 28. The van der Waals surface area contributed by atoms with Gasteiger partial charge in [0.05, 0.1) is 20.6 Å². The van der Waals surface area contributed by atoms with Crippen LogP contribution in [0.4, 0.5) is 0 Å². The predicted molar refractivity (Wildman–Crippen MR) is 186 cm³/mol. The minimum Gasteiger partial charge on any atom is -1.00 e. The Morgan fingerprint density at radius 1 is 0.524 bits per heavy atom. The van der Waals surface area contributed by atoms with E-state index in [9.17, 15) is 0 Å². The van der Waals surface area contributed by atoms with Crippen LogP contribution in [0.3, 0.4) is 0 Å². The minimum absolute atomic E-state index is 0. The molecule has 0 saturated carbocycles. The normalized spacial score (nSPS) is 11.4. The van der Waals surface area contributed by atoms with E-state index in [2.05, 4.69) is 70.4 Å². The van der Waals surface area contributed by atoms with Crippen LogP contribution in [0, 0.1) is 0 Å². The zero-order valence-corrected chi connectivity index (χ0v) is 29.7. The van der Waals surface area contributed by atoms with E-state index in [1.807, 2.05) is 0 Å². The number of nitrogens with zero attached hydrogens (tertiary/aromatic N) is 1. The Labute approximate surface area is 271 Å². The second-order valence-electron chi connectivity index (χ2n) is 13.1. The standard InChI is InChI=1S/C21H38N.C18H36O.ClH/c1-4-5-6-7-8-9-10-11-12-16-19-22(2,3)20-21-17-14-13-15-18-21;1-2-3-4-5-6-7-8-9-10-11-12-13-14-15-16-17-18-19;/h13-15,17-18H,4-12,16,19-20H2,1-3H3;9-10,19H,2-8,11-18H2,1H3;1H/q+1;;/p-1/b;10-9-;. The average Bonchev–Trinajstić information content (AvgIpc) is 2.97. The molecule has 0 fully saturated rings. The van der Waals surface area contributed by atoms with Gasteiger partial charge in [0, 0.05) is 12.2 Å². The molecule has 1 rings (SSSR count). The summed E-state index contributed by atoms with van der Waals surface area (Å²) < 4.78 is 1.11. The number of hydrogen-bond donors (Lipinski definition) is 1. The molecule has 0 aliphatic carbocycles. The molecule has 0 aliphatic heterocycles. The van der Waals surface area contributed by atoms with Gasteiger partial charge in [-0.2, -0.15) is 0 Å². The molecule has 0 amide bonds. The molecule has 0 atom stereocenters. The highest BCUT2D eigenvalue weighted by Gasteiger charge is 2.14. The van der Waals surface area contributed by atoms with Gasteiger partial charge in [-0.1, -0.05) is 165 Å². The molecular formula is C39H74ClNO. The van der Waals surface area contributed by atoms with E-state index in [4.69, 9.17) is 5.11 Å². The van der Waals surface area contributed by atoms with Crippen LogP contribution in [0.15, 0.2) is 42.5 Å². The molecular weight excluding hydrogens is 534 g/mol. The van der Waals surface area contributed by atoms with Crippen molar-refractivity contribution in [3.8, 4) is 0 Å². The van der Waals surface area contributed by atoms with Gasteiger partial charge in [-0.25, -0.2) is 0 Å². The number of halogens is 1. The monoisotopic (exact) mass is 608 g/mol. The first-order valence-electron chi connectivity index (χ1n) is 18.2. The van der Waals surface area contributed by atoms with E-state index in [-0.39, 0.29) is 12.4 Å². The van der Waals surface area contributed by atoms with E-state index in [0.29, 0.717) is 6.61 Å². The summed E-state index contributed by atoms with van der Waals surface area (Å²) in [5.41, 5.74) is 1.46. The topological polar surface area (TPSA) is 20.2 Å². The van der Waals surface area contributed by atoms with Crippen molar-refractivity contribution in [1.29, 1.82) is 0 Å². The fourth-order valence-electron chi connectivity index (χ4n) is 5.54. The van der Waals surface area contributed by atoms with Gasteiger partial charge in [0.2, 0.25) is 0 Å². The second kappa shape index (κ2) is 34.7. The van der Waals surface area contributed by atoms with Gasteiger partial charge in [-0.15, -0.1) is 0 Å². The van der Waals surface area contributed by atoms with Crippen molar-refractivity contribution < 1.29 is 22.0 Å². The van der Waals surface area contributed by atoms with Gasteiger partial charge in [0.15, 0.2) is 0 Å². The number of aliphatic hydroxyl groups is 1. The summed E-state index contributed by atoms with van der Waals surface area (Å²) in [6, 6.07) is 10.9. The molecule has 42 heavy (non-hydrogen) atoms. The first-order chi connectivity index (χ1) is 20.1. The smallest absolute Gasteiger partial charge is 0.104 e. The molecule has 0 unspecified atom stereocenters. The Hall–Kier alpha value is -0.830. The number of benzene rings is 1. The van der Waals surface area contributed by atoms with Crippen LogP contribution in [-0.4, -0.2) is 36.8 Å². The van der Waals surface area contributed by atoms with Crippen molar-refractivity contribution in [2.75, 3.05) is 27.2 Å². The van der Waals surface area contributed by atoms with Gasteiger partial charge in [0.25, 0.3) is 0 Å². The van der Waals surface area contributed by atoms with Crippen LogP contribution >= 0.6 is 0 Å². The fourth-order valence-corrected chi connectivity index (χ4v) is 5.54. The van der Waals surface area contributed by atoms with Gasteiger partial charge in [-0.3, -0.25) is 0 Å². The van der Waals surface area contributed by atoms with Gasteiger partial charge in [-0.05, 0) is 44.9 Å². The summed E-state index contributed by atoms with van der Waals surface area (Å²) in [5, 5.41) is 8.66. The van der Waals surface area contributed by atoms with Crippen LogP contribution in [-0.2, 0) is 6.54 Å². The van der Waals surface area contributed by atoms with Crippen molar-refractivity contribution in [2.45, 2.75) is 174 Å². The molecule has 3 heteroatoms. The molecule has 0 aromatic heterocycles. The summed E-state index contributed by atoms with van der Waals surface area (Å²) in [6.45, 7) is 7.37. The highest BCUT2D eigenvalue weighted by molar-refractivity contribution is 5.13. The third kappa shape index (κ3) is 33.7. The zero-order chi connectivity index (χ0) is 30.1. The maximum Gasteiger partial charge on any atom is 0.104 e. The van der Waals surface area contributed by atoms with E-state index < -0.39 is 0 Å². The maximum atomic E-state index is 8.66. The van der Waals surface area contributed by atoms with E-state index >= 15 is 0 Å². The molecule has 248 valence electrons. The largest absolute Gasteiger partial charge is 1.00 e. The van der Waals surface area contributed by atoms with Crippen molar-refractivity contribution in [3.05, 3.63) is 48.0 Å². The van der Waals surface area contributed by atoms with Crippen LogP contribution in [0.2, 0.25) is 0 Å². The lowest BCUT2D eigenvalue weighted by Gasteiger charge is -2.30. The number of aliphatic hydroxyl groups excluding tert-OH is 1. The van der Waals surface area contributed by atoms with Gasteiger partial charge >= 0.3 is 0 Å². The molecule has 1 aromatic rings. The molecule has 0 spiro atoms. The molecule has 0 bridgehead atoms. The second-order valence-corrected chi connectivity index (χ2v) is 13.1. The Morgan fingerprint density at radius 2 is 0.905 bits per heavy atom. The lowest BCUT2D eigenvalue weighted by molar-refractivity contribution is -0.903. The van der Waals surface area contributed by atoms with Crippen molar-refractivity contribution in [2.24, 2.45) is 0 Å². The first kappa shape index (κ1) is 43.3. The van der Waals surface area contributed by atoms with Gasteiger partial charge < -0.3 is 22.0 Å². The van der Waals surface area contributed by atoms with Crippen molar-refractivity contribution in [1.82, 2.24) is 0 Å². The summed E-state index contributed by atoms with van der Waals surface area (Å²) in [5.74, 6) is 0. The van der Waals surface area contributed by atoms with Crippen molar-refractivity contribution >= 4 is 0 Å². The lowest BCUT2D eigenvalue weighted by atomic mass is 10.1. The third-order valence-electron chi connectivity index (χ3n) is 8.24. The minimum atomic E-state index is 0. The molecule has 1 aromatic carbocycles. The predicted octanol–water partition coefficient (Wildman–Crippen LogP) is 9.20. The number of allylic oxidation sites excluding steroid dienone is 2. The molecule has 0 radical (unpaired) electrons. The SMILES string of the molecule is CCCCCCCC/C=C\CCCCCCCCO.CCCCCCCCCCCC[N+](C)(C)Cc1ccccc1.[Cl-]. The Morgan fingerprint density at radius 3 is 1.33 bits per heavy atom. The fraction of sp³-hybridized carbons (Fsp3) is 0.795. The summed E-state index contributed by atoms with van der Waals surface area (Å²) in [7, 11) is 4.72. The maximum absolute atomic E-state index is 8.66.